The molecule has 1 aromatic carbocycles. The van der Waals surface area contributed by atoms with Gasteiger partial charge in [0.1, 0.15) is 6.54 Å². The molecule has 6 nitrogen and oxygen atoms in total. The molecule has 21 heavy (non-hydrogen) atoms. The number of rotatable bonds is 4. The molecule has 2 rings (SSSR count). The van der Waals surface area contributed by atoms with Crippen LogP contribution in [0.4, 0.5) is 5.69 Å². The second-order valence-corrected chi connectivity index (χ2v) is 4.86. The highest BCUT2D eigenvalue weighted by Crippen LogP contribution is 2.10. The molecule has 1 heterocycles. The molecule has 0 atom stereocenters. The number of carbonyl (C=O) groups is 1. The van der Waals surface area contributed by atoms with Crippen molar-refractivity contribution in [2.45, 2.75) is 26.9 Å². The first-order valence-electron chi connectivity index (χ1n) is 6.63. The summed E-state index contributed by atoms with van der Waals surface area (Å²) in [6.07, 6.45) is 0. The summed E-state index contributed by atoms with van der Waals surface area (Å²) >= 11 is 0. The van der Waals surface area contributed by atoms with E-state index in [1.807, 2.05) is 12.1 Å². The molecule has 0 aliphatic heterocycles. The Morgan fingerprint density at radius 3 is 2.76 bits per heavy atom. The first-order chi connectivity index (χ1) is 9.99. The highest BCUT2D eigenvalue weighted by molar-refractivity contribution is 5.90. The number of nitrogens with two attached hydrogens (primary N) is 1. The molecule has 1 aromatic heterocycles. The predicted octanol–water partition coefficient (Wildman–Crippen LogP) is 0.958. The fourth-order valence-corrected chi connectivity index (χ4v) is 2.09. The van der Waals surface area contributed by atoms with Crippen LogP contribution in [0.5, 0.6) is 0 Å². The second kappa shape index (κ2) is 6.32. The molecule has 0 spiro atoms. The minimum absolute atomic E-state index is 0.0647. The number of nitrogens with zero attached hydrogens (tertiary/aromatic N) is 2. The van der Waals surface area contributed by atoms with E-state index >= 15 is 0 Å². The van der Waals surface area contributed by atoms with E-state index < -0.39 is 5.69 Å². The average Bonchev–Trinajstić information content (AvgIpc) is 2.43. The van der Waals surface area contributed by atoms with E-state index in [-0.39, 0.29) is 12.5 Å². The van der Waals surface area contributed by atoms with Gasteiger partial charge >= 0.3 is 5.69 Å². The van der Waals surface area contributed by atoms with Crippen molar-refractivity contribution in [1.29, 1.82) is 0 Å². The topological polar surface area (TPSA) is 90.0 Å². The number of hydrogen-bond donors (Lipinski definition) is 2. The van der Waals surface area contributed by atoms with Gasteiger partial charge in [0.05, 0.1) is 0 Å². The minimum atomic E-state index is -0.418. The van der Waals surface area contributed by atoms with Crippen molar-refractivity contribution in [2.24, 2.45) is 5.73 Å². The number of nitrogens with one attached hydrogen (secondary N) is 1. The lowest BCUT2D eigenvalue weighted by atomic mass is 10.2. The SMILES string of the molecule is Cc1cc(C)n(CC(=O)Nc2cccc(CN)c2)c(=O)n1. The molecule has 0 saturated carbocycles. The quantitative estimate of drug-likeness (QED) is 0.876. The Hall–Kier alpha value is -2.47. The predicted molar refractivity (Wildman–Crippen MR) is 80.9 cm³/mol. The Morgan fingerprint density at radius 2 is 2.10 bits per heavy atom. The molecule has 0 aliphatic carbocycles. The molecule has 0 fully saturated rings. The summed E-state index contributed by atoms with van der Waals surface area (Å²) in [7, 11) is 0. The van der Waals surface area contributed by atoms with Crippen molar-refractivity contribution < 1.29 is 4.79 Å². The molecule has 2 aromatic rings. The highest BCUT2D eigenvalue weighted by atomic mass is 16.2. The number of carbonyl (C=O) groups excluding carboxylic acids is 1. The largest absolute Gasteiger partial charge is 0.348 e. The van der Waals surface area contributed by atoms with Gasteiger partial charge in [-0.3, -0.25) is 9.36 Å². The summed E-state index contributed by atoms with van der Waals surface area (Å²) in [4.78, 5) is 27.7. The number of aromatic nitrogens is 2. The van der Waals surface area contributed by atoms with Crippen LogP contribution >= 0.6 is 0 Å². The lowest BCUT2D eigenvalue weighted by molar-refractivity contribution is -0.116. The van der Waals surface area contributed by atoms with Crippen LogP contribution < -0.4 is 16.7 Å². The van der Waals surface area contributed by atoms with Crippen molar-refractivity contribution in [2.75, 3.05) is 5.32 Å². The van der Waals surface area contributed by atoms with E-state index in [2.05, 4.69) is 10.3 Å². The standard InChI is InChI=1S/C15H18N4O2/c1-10-6-11(2)19(15(21)17-10)9-14(20)18-13-5-3-4-12(7-13)8-16/h3-7H,8-9,16H2,1-2H3,(H,18,20). The Labute approximate surface area is 122 Å². The Morgan fingerprint density at radius 1 is 1.33 bits per heavy atom. The Kier molecular flexibility index (Phi) is 4.49. The van der Waals surface area contributed by atoms with Gasteiger partial charge in [0.2, 0.25) is 5.91 Å². The number of amides is 1. The summed E-state index contributed by atoms with van der Waals surface area (Å²) in [6, 6.07) is 9.06. The van der Waals surface area contributed by atoms with Crippen molar-refractivity contribution in [3.63, 3.8) is 0 Å². The van der Waals surface area contributed by atoms with Crippen LogP contribution in [0.2, 0.25) is 0 Å². The molecule has 3 N–H and O–H groups in total. The van der Waals surface area contributed by atoms with Gasteiger partial charge in [-0.05, 0) is 37.6 Å². The zero-order chi connectivity index (χ0) is 15.4. The summed E-state index contributed by atoms with van der Waals surface area (Å²) in [6.45, 7) is 3.87. The van der Waals surface area contributed by atoms with Gasteiger partial charge in [0.15, 0.2) is 0 Å². The van der Waals surface area contributed by atoms with Crippen LogP contribution in [-0.2, 0) is 17.9 Å². The third-order valence-corrected chi connectivity index (χ3v) is 3.09. The van der Waals surface area contributed by atoms with Gasteiger partial charge in [-0.1, -0.05) is 12.1 Å². The summed E-state index contributed by atoms with van der Waals surface area (Å²) in [5.74, 6) is -0.278. The summed E-state index contributed by atoms with van der Waals surface area (Å²) in [5.41, 5.74) is 8.08. The fourth-order valence-electron chi connectivity index (χ4n) is 2.09. The van der Waals surface area contributed by atoms with Crippen molar-refractivity contribution in [3.05, 3.63) is 57.8 Å². The van der Waals surface area contributed by atoms with E-state index in [1.165, 1.54) is 4.57 Å². The molecular weight excluding hydrogens is 268 g/mol. The third-order valence-electron chi connectivity index (χ3n) is 3.09. The summed E-state index contributed by atoms with van der Waals surface area (Å²) in [5, 5.41) is 2.75. The van der Waals surface area contributed by atoms with Crippen LogP contribution in [0, 0.1) is 13.8 Å². The fraction of sp³-hybridized carbons (Fsp3) is 0.267. The zero-order valence-electron chi connectivity index (χ0n) is 12.1. The van der Waals surface area contributed by atoms with Crippen LogP contribution in [-0.4, -0.2) is 15.5 Å². The van der Waals surface area contributed by atoms with E-state index in [0.717, 1.165) is 5.56 Å². The molecular formula is C15H18N4O2. The van der Waals surface area contributed by atoms with Gasteiger partial charge in [0, 0.05) is 23.6 Å². The van der Waals surface area contributed by atoms with Gasteiger partial charge in [-0.15, -0.1) is 0 Å². The first-order valence-corrected chi connectivity index (χ1v) is 6.63. The number of benzene rings is 1. The summed E-state index contributed by atoms with van der Waals surface area (Å²) < 4.78 is 1.34. The lowest BCUT2D eigenvalue weighted by Crippen LogP contribution is -2.31. The van der Waals surface area contributed by atoms with Crippen LogP contribution in [0.15, 0.2) is 35.1 Å². The Balaban J connectivity index is 2.13. The number of aryl methyl sites for hydroxylation is 2. The van der Waals surface area contributed by atoms with Crippen LogP contribution in [0.1, 0.15) is 17.0 Å². The molecule has 110 valence electrons. The monoisotopic (exact) mass is 286 g/mol. The number of hydrogen-bond acceptors (Lipinski definition) is 4. The number of anilines is 1. The molecule has 0 bridgehead atoms. The van der Waals surface area contributed by atoms with Crippen molar-refractivity contribution >= 4 is 11.6 Å². The maximum Gasteiger partial charge on any atom is 0.348 e. The zero-order valence-corrected chi connectivity index (χ0v) is 12.1. The molecule has 1 amide bonds. The van der Waals surface area contributed by atoms with Crippen molar-refractivity contribution in [1.82, 2.24) is 9.55 Å². The highest BCUT2D eigenvalue weighted by Gasteiger charge is 2.09. The van der Waals surface area contributed by atoms with Gasteiger partial charge in [0.25, 0.3) is 0 Å². The normalized spacial score (nSPS) is 10.4. The second-order valence-electron chi connectivity index (χ2n) is 4.86. The van der Waals surface area contributed by atoms with Crippen molar-refractivity contribution in [3.8, 4) is 0 Å². The van der Waals surface area contributed by atoms with Gasteiger partial charge < -0.3 is 11.1 Å². The smallest absolute Gasteiger partial charge is 0.326 e. The first kappa shape index (κ1) is 14.9. The van der Waals surface area contributed by atoms with E-state index in [0.29, 0.717) is 23.6 Å². The van der Waals surface area contributed by atoms with Gasteiger partial charge in [-0.25, -0.2) is 4.79 Å². The molecule has 0 unspecified atom stereocenters. The molecule has 0 aliphatic rings. The molecule has 0 radical (unpaired) electrons. The maximum absolute atomic E-state index is 12.0. The Bertz CT molecular complexity index is 722. The minimum Gasteiger partial charge on any atom is -0.326 e. The van der Waals surface area contributed by atoms with Crippen LogP contribution in [0.3, 0.4) is 0 Å². The molecule has 0 saturated heterocycles. The molecule has 6 heteroatoms. The van der Waals surface area contributed by atoms with Gasteiger partial charge in [-0.2, -0.15) is 4.98 Å². The lowest BCUT2D eigenvalue weighted by Gasteiger charge is -2.10. The van der Waals surface area contributed by atoms with E-state index in [9.17, 15) is 9.59 Å². The maximum atomic E-state index is 12.0. The van der Waals surface area contributed by atoms with E-state index in [4.69, 9.17) is 5.73 Å². The third kappa shape index (κ3) is 3.76. The average molecular weight is 286 g/mol. The van der Waals surface area contributed by atoms with Crippen LogP contribution in [0.25, 0.3) is 0 Å². The van der Waals surface area contributed by atoms with E-state index in [1.54, 1.807) is 32.0 Å².